The number of carbonyl (C=O) groups excluding carboxylic acids is 1. The molecule has 0 radical (unpaired) electrons. The molecule has 10 heteroatoms. The number of ether oxygens (including phenoxy) is 2. The van der Waals surface area contributed by atoms with Crippen LogP contribution in [0, 0.1) is 10.1 Å². The summed E-state index contributed by atoms with van der Waals surface area (Å²) in [4.78, 5) is 21.7. The monoisotopic (exact) mass is 360 g/mol. The second-order valence-electron chi connectivity index (χ2n) is 4.73. The third kappa shape index (κ3) is 4.65. The van der Waals surface area contributed by atoms with Crippen LogP contribution < -0.4 is 4.74 Å². The van der Waals surface area contributed by atoms with Gasteiger partial charge in [0.05, 0.1) is 23.5 Å². The maximum absolute atomic E-state index is 12.7. The number of hydrogen-bond acceptors (Lipinski definition) is 7. The number of nitrogens with zero attached hydrogens (tertiary/aromatic N) is 2. The van der Waals surface area contributed by atoms with Crippen molar-refractivity contribution in [2.75, 3.05) is 26.8 Å². The second kappa shape index (κ2) is 8.60. The van der Waals surface area contributed by atoms with Crippen molar-refractivity contribution in [1.82, 2.24) is 4.31 Å². The van der Waals surface area contributed by atoms with Crippen LogP contribution in [-0.4, -0.2) is 50.4 Å². The van der Waals surface area contributed by atoms with Crippen LogP contribution in [0.25, 0.3) is 0 Å². The highest BCUT2D eigenvalue weighted by Gasteiger charge is 2.29. The highest BCUT2D eigenvalue weighted by atomic mass is 32.2. The summed E-state index contributed by atoms with van der Waals surface area (Å²) < 4.78 is 36.0. The first kappa shape index (κ1) is 19.8. The molecule has 0 saturated heterocycles. The van der Waals surface area contributed by atoms with E-state index in [9.17, 15) is 23.3 Å². The van der Waals surface area contributed by atoms with Crippen molar-refractivity contribution in [2.24, 2.45) is 0 Å². The summed E-state index contributed by atoms with van der Waals surface area (Å²) in [7, 11) is -2.83. The Kier molecular flexibility index (Phi) is 7.11. The summed E-state index contributed by atoms with van der Waals surface area (Å²) in [6, 6.07) is 3.33. The van der Waals surface area contributed by atoms with Crippen LogP contribution in [0.2, 0.25) is 0 Å². The van der Waals surface area contributed by atoms with Gasteiger partial charge < -0.3 is 9.47 Å². The molecule has 0 aliphatic heterocycles. The van der Waals surface area contributed by atoms with Gasteiger partial charge in [0, 0.05) is 12.6 Å². The molecule has 0 aliphatic carbocycles. The van der Waals surface area contributed by atoms with E-state index in [1.807, 2.05) is 0 Å². The molecule has 24 heavy (non-hydrogen) atoms. The fraction of sp³-hybridized carbons (Fsp3) is 0.500. The first-order chi connectivity index (χ1) is 11.3. The van der Waals surface area contributed by atoms with Gasteiger partial charge in [0.2, 0.25) is 10.0 Å². The molecule has 1 aromatic carbocycles. The van der Waals surface area contributed by atoms with Gasteiger partial charge in [0.1, 0.15) is 6.54 Å². The Morgan fingerprint density at radius 1 is 1.33 bits per heavy atom. The second-order valence-corrected chi connectivity index (χ2v) is 6.67. The molecule has 0 amide bonds. The molecular weight excluding hydrogens is 340 g/mol. The lowest BCUT2D eigenvalue weighted by molar-refractivity contribution is -0.386. The van der Waals surface area contributed by atoms with Crippen LogP contribution in [-0.2, 0) is 19.6 Å². The van der Waals surface area contributed by atoms with Crippen molar-refractivity contribution in [1.29, 1.82) is 0 Å². The van der Waals surface area contributed by atoms with E-state index in [1.54, 1.807) is 13.8 Å². The molecule has 134 valence electrons. The number of nitro groups is 1. The third-order valence-corrected chi connectivity index (χ3v) is 4.91. The van der Waals surface area contributed by atoms with E-state index in [0.717, 1.165) is 10.4 Å². The Morgan fingerprint density at radius 3 is 2.50 bits per heavy atom. The van der Waals surface area contributed by atoms with E-state index < -0.39 is 33.1 Å². The van der Waals surface area contributed by atoms with Gasteiger partial charge in [-0.1, -0.05) is 6.92 Å². The predicted molar refractivity (Wildman–Crippen MR) is 85.3 cm³/mol. The fourth-order valence-corrected chi connectivity index (χ4v) is 3.50. The molecule has 0 spiro atoms. The van der Waals surface area contributed by atoms with Gasteiger partial charge in [-0.2, -0.15) is 4.31 Å². The molecule has 0 aromatic heterocycles. The molecule has 0 heterocycles. The highest BCUT2D eigenvalue weighted by Crippen LogP contribution is 2.30. The van der Waals surface area contributed by atoms with Crippen molar-refractivity contribution in [3.8, 4) is 5.75 Å². The van der Waals surface area contributed by atoms with Crippen molar-refractivity contribution in [2.45, 2.75) is 25.2 Å². The Labute approximate surface area is 140 Å². The minimum absolute atomic E-state index is 0.0496. The van der Waals surface area contributed by atoms with Gasteiger partial charge in [0.25, 0.3) is 0 Å². The van der Waals surface area contributed by atoms with Gasteiger partial charge in [-0.05, 0) is 25.5 Å². The number of rotatable bonds is 9. The molecule has 0 atom stereocenters. The third-order valence-electron chi connectivity index (χ3n) is 3.07. The number of esters is 1. The van der Waals surface area contributed by atoms with E-state index in [0.29, 0.717) is 6.42 Å². The molecule has 0 aliphatic rings. The molecule has 0 saturated carbocycles. The van der Waals surface area contributed by atoms with Crippen molar-refractivity contribution >= 4 is 21.7 Å². The quantitative estimate of drug-likeness (QED) is 0.373. The van der Waals surface area contributed by atoms with E-state index in [4.69, 9.17) is 9.47 Å². The van der Waals surface area contributed by atoms with Crippen molar-refractivity contribution in [3.05, 3.63) is 28.3 Å². The summed E-state index contributed by atoms with van der Waals surface area (Å²) in [6.45, 7) is 3.13. The zero-order chi connectivity index (χ0) is 18.3. The first-order valence-corrected chi connectivity index (χ1v) is 8.70. The van der Waals surface area contributed by atoms with Gasteiger partial charge in [-0.3, -0.25) is 14.9 Å². The smallest absolute Gasteiger partial charge is 0.321 e. The lowest BCUT2D eigenvalue weighted by Crippen LogP contribution is -2.37. The lowest BCUT2D eigenvalue weighted by atomic mass is 10.3. The first-order valence-electron chi connectivity index (χ1n) is 7.26. The molecular formula is C14H20N2O7S. The fourth-order valence-electron chi connectivity index (χ4n) is 2.01. The van der Waals surface area contributed by atoms with Crippen molar-refractivity contribution < 1.29 is 27.6 Å². The lowest BCUT2D eigenvalue weighted by Gasteiger charge is -2.20. The minimum Gasteiger partial charge on any atom is -0.490 e. The average molecular weight is 360 g/mol. The molecule has 9 nitrogen and oxygen atoms in total. The average Bonchev–Trinajstić information content (AvgIpc) is 2.53. The largest absolute Gasteiger partial charge is 0.490 e. The Hall–Kier alpha value is -2.20. The van der Waals surface area contributed by atoms with E-state index in [-0.39, 0.29) is 23.8 Å². The molecule has 0 bridgehead atoms. The highest BCUT2D eigenvalue weighted by molar-refractivity contribution is 7.89. The molecule has 0 fully saturated rings. The Balaban J connectivity index is 3.26. The SMILES string of the molecule is CCCN(CC(=O)OCC)S(=O)(=O)c1ccc(OC)c([N+](=O)[O-])c1. The molecule has 0 N–H and O–H groups in total. The molecule has 1 rings (SSSR count). The topological polar surface area (TPSA) is 116 Å². The van der Waals surface area contributed by atoms with E-state index >= 15 is 0 Å². The van der Waals surface area contributed by atoms with E-state index in [1.165, 1.54) is 19.2 Å². The predicted octanol–water partition coefficient (Wildman–Crippen LogP) is 1.57. The number of hydrogen-bond donors (Lipinski definition) is 0. The minimum atomic E-state index is -4.09. The van der Waals surface area contributed by atoms with Crippen LogP contribution >= 0.6 is 0 Å². The van der Waals surface area contributed by atoms with Gasteiger partial charge in [-0.15, -0.1) is 0 Å². The van der Waals surface area contributed by atoms with E-state index in [2.05, 4.69) is 0 Å². The normalized spacial score (nSPS) is 11.3. The van der Waals surface area contributed by atoms with Gasteiger partial charge in [0.15, 0.2) is 5.75 Å². The number of sulfonamides is 1. The summed E-state index contributed by atoms with van der Waals surface area (Å²) in [5, 5.41) is 11.1. The zero-order valence-corrected chi connectivity index (χ0v) is 14.5. The Bertz CT molecular complexity index is 703. The summed E-state index contributed by atoms with van der Waals surface area (Å²) >= 11 is 0. The van der Waals surface area contributed by atoms with Crippen LogP contribution in [0.3, 0.4) is 0 Å². The number of nitro benzene ring substituents is 1. The zero-order valence-electron chi connectivity index (χ0n) is 13.7. The van der Waals surface area contributed by atoms with Crippen LogP contribution in [0.5, 0.6) is 5.75 Å². The number of carbonyl (C=O) groups is 1. The van der Waals surface area contributed by atoms with Gasteiger partial charge >= 0.3 is 11.7 Å². The van der Waals surface area contributed by atoms with Crippen LogP contribution in [0.15, 0.2) is 23.1 Å². The van der Waals surface area contributed by atoms with Gasteiger partial charge in [-0.25, -0.2) is 8.42 Å². The molecule has 1 aromatic rings. The molecule has 0 unspecified atom stereocenters. The summed E-state index contributed by atoms with van der Waals surface area (Å²) in [5.74, 6) is -0.732. The Morgan fingerprint density at radius 2 is 2.00 bits per heavy atom. The van der Waals surface area contributed by atoms with Crippen LogP contribution in [0.4, 0.5) is 5.69 Å². The summed E-state index contributed by atoms with van der Waals surface area (Å²) in [5.41, 5.74) is -0.467. The van der Waals surface area contributed by atoms with Crippen LogP contribution in [0.1, 0.15) is 20.3 Å². The number of benzene rings is 1. The van der Waals surface area contributed by atoms with Crippen molar-refractivity contribution in [3.63, 3.8) is 0 Å². The standard InChI is InChI=1S/C14H20N2O7S/c1-4-8-15(10-14(17)23-5-2)24(20,21)11-6-7-13(22-3)12(9-11)16(18)19/h6-7,9H,4-5,8,10H2,1-3H3. The summed E-state index contributed by atoms with van der Waals surface area (Å²) in [6.07, 6.45) is 0.469. The maximum Gasteiger partial charge on any atom is 0.321 e. The maximum atomic E-state index is 12.7. The number of methoxy groups -OCH3 is 1.